The summed E-state index contributed by atoms with van der Waals surface area (Å²) < 4.78 is 0. The van der Waals surface area contributed by atoms with Crippen molar-refractivity contribution < 1.29 is 4.79 Å². The van der Waals surface area contributed by atoms with Gasteiger partial charge in [-0.25, -0.2) is 4.79 Å². The Labute approximate surface area is 118 Å². The minimum Gasteiger partial charge on any atom is -0.335 e. The van der Waals surface area contributed by atoms with Crippen molar-refractivity contribution in [2.75, 3.05) is 5.32 Å². The maximum atomic E-state index is 11.9. The Morgan fingerprint density at radius 2 is 2.25 bits per heavy atom. The lowest BCUT2D eigenvalue weighted by atomic mass is 10.2. The van der Waals surface area contributed by atoms with Gasteiger partial charge in [-0.05, 0) is 38.5 Å². The van der Waals surface area contributed by atoms with Gasteiger partial charge in [-0.1, -0.05) is 0 Å². The summed E-state index contributed by atoms with van der Waals surface area (Å²) in [6, 6.07) is 3.53. The van der Waals surface area contributed by atoms with E-state index in [0.29, 0.717) is 6.42 Å². The number of urea groups is 1. The minimum atomic E-state index is -0.223. The Kier molecular flexibility index (Phi) is 4.34. The highest BCUT2D eigenvalue weighted by Crippen LogP contribution is 2.11. The number of H-pyrrole nitrogens is 1. The molecule has 0 bridgehead atoms. The molecule has 0 aliphatic rings. The first kappa shape index (κ1) is 14.0. The van der Waals surface area contributed by atoms with E-state index < -0.39 is 0 Å². The number of nitrogens with one attached hydrogen (secondary N) is 3. The van der Waals surface area contributed by atoms with Crippen LogP contribution in [0.3, 0.4) is 0 Å². The number of aromatic amines is 1. The highest BCUT2D eigenvalue weighted by atomic mass is 16.2. The molecular formula is C14H19N5O. The summed E-state index contributed by atoms with van der Waals surface area (Å²) in [7, 11) is 0. The molecule has 6 heteroatoms. The molecule has 0 saturated heterocycles. The molecule has 2 amide bonds. The number of carbonyl (C=O) groups is 1. The Morgan fingerprint density at radius 1 is 1.45 bits per heavy atom. The van der Waals surface area contributed by atoms with E-state index in [-0.39, 0.29) is 12.1 Å². The van der Waals surface area contributed by atoms with Crippen LogP contribution in [0.4, 0.5) is 10.5 Å². The normalized spacial score (nSPS) is 11.9. The van der Waals surface area contributed by atoms with Crippen LogP contribution < -0.4 is 10.6 Å². The third-order valence-corrected chi connectivity index (χ3v) is 2.92. The van der Waals surface area contributed by atoms with Crippen molar-refractivity contribution in [2.24, 2.45) is 0 Å². The zero-order valence-electron chi connectivity index (χ0n) is 11.9. The average molecular weight is 273 g/mol. The third kappa shape index (κ3) is 3.81. The van der Waals surface area contributed by atoms with Crippen molar-refractivity contribution in [3.63, 3.8) is 0 Å². The van der Waals surface area contributed by atoms with Crippen molar-refractivity contribution in [3.05, 3.63) is 41.5 Å². The highest BCUT2D eigenvalue weighted by molar-refractivity contribution is 5.90. The van der Waals surface area contributed by atoms with E-state index in [9.17, 15) is 4.79 Å². The molecule has 0 aliphatic carbocycles. The van der Waals surface area contributed by atoms with Gasteiger partial charge in [0.05, 0.1) is 5.69 Å². The Hall–Kier alpha value is -2.37. The van der Waals surface area contributed by atoms with Gasteiger partial charge in [0, 0.05) is 36.2 Å². The van der Waals surface area contributed by atoms with E-state index in [0.717, 1.165) is 22.6 Å². The van der Waals surface area contributed by atoms with Crippen LogP contribution >= 0.6 is 0 Å². The number of hydrogen-bond donors (Lipinski definition) is 3. The lowest BCUT2D eigenvalue weighted by molar-refractivity contribution is 0.249. The largest absolute Gasteiger partial charge is 0.335 e. The maximum absolute atomic E-state index is 11.9. The summed E-state index contributed by atoms with van der Waals surface area (Å²) in [5, 5.41) is 12.7. The number of pyridine rings is 1. The summed E-state index contributed by atoms with van der Waals surface area (Å²) in [5.41, 5.74) is 3.65. The molecule has 0 aromatic carbocycles. The number of hydrogen-bond acceptors (Lipinski definition) is 3. The maximum Gasteiger partial charge on any atom is 0.319 e. The van der Waals surface area contributed by atoms with E-state index in [1.54, 1.807) is 18.5 Å². The molecule has 2 heterocycles. The van der Waals surface area contributed by atoms with Crippen LogP contribution in [-0.2, 0) is 6.42 Å². The van der Waals surface area contributed by atoms with Crippen LogP contribution in [0.1, 0.15) is 23.9 Å². The molecule has 0 radical (unpaired) electrons. The molecule has 2 aromatic rings. The van der Waals surface area contributed by atoms with Crippen LogP contribution in [-0.4, -0.2) is 27.3 Å². The zero-order valence-corrected chi connectivity index (χ0v) is 11.9. The molecule has 2 rings (SSSR count). The molecule has 0 aliphatic heterocycles. The smallest absolute Gasteiger partial charge is 0.319 e. The first-order valence-electron chi connectivity index (χ1n) is 6.53. The average Bonchev–Trinajstić information content (AvgIpc) is 2.77. The number of anilines is 1. The summed E-state index contributed by atoms with van der Waals surface area (Å²) in [4.78, 5) is 15.9. The second-order valence-corrected chi connectivity index (χ2v) is 4.94. The van der Waals surface area contributed by atoms with Crippen molar-refractivity contribution in [1.29, 1.82) is 0 Å². The molecule has 3 N–H and O–H groups in total. The Bertz CT molecular complexity index is 593. The van der Waals surface area contributed by atoms with Crippen LogP contribution in [0, 0.1) is 13.8 Å². The molecule has 106 valence electrons. The van der Waals surface area contributed by atoms with Gasteiger partial charge < -0.3 is 10.6 Å². The molecular weight excluding hydrogens is 254 g/mol. The fraction of sp³-hybridized carbons (Fsp3) is 0.357. The lowest BCUT2D eigenvalue weighted by Gasteiger charge is -2.14. The van der Waals surface area contributed by atoms with E-state index in [2.05, 4.69) is 25.8 Å². The second kappa shape index (κ2) is 6.18. The van der Waals surface area contributed by atoms with Crippen LogP contribution in [0.2, 0.25) is 0 Å². The zero-order chi connectivity index (χ0) is 14.5. The number of carbonyl (C=O) groups excluding carboxylic acids is 1. The van der Waals surface area contributed by atoms with Gasteiger partial charge in [-0.15, -0.1) is 0 Å². The van der Waals surface area contributed by atoms with E-state index in [1.807, 2.05) is 26.8 Å². The lowest BCUT2D eigenvalue weighted by Crippen LogP contribution is -2.37. The minimum absolute atomic E-state index is 0.000145. The summed E-state index contributed by atoms with van der Waals surface area (Å²) >= 11 is 0. The van der Waals surface area contributed by atoms with E-state index in [1.165, 1.54) is 0 Å². The molecule has 0 unspecified atom stereocenters. The molecule has 0 spiro atoms. The molecule has 0 fully saturated rings. The fourth-order valence-electron chi connectivity index (χ4n) is 1.94. The predicted molar refractivity (Wildman–Crippen MR) is 77.6 cm³/mol. The summed E-state index contributed by atoms with van der Waals surface area (Å²) in [5.74, 6) is 0. The van der Waals surface area contributed by atoms with Crippen molar-refractivity contribution in [2.45, 2.75) is 33.2 Å². The Balaban J connectivity index is 1.86. The highest BCUT2D eigenvalue weighted by Gasteiger charge is 2.10. The predicted octanol–water partition coefficient (Wildman–Crippen LogP) is 2.17. The number of amides is 2. The van der Waals surface area contributed by atoms with Crippen LogP contribution in [0.25, 0.3) is 0 Å². The van der Waals surface area contributed by atoms with Gasteiger partial charge in [-0.2, -0.15) is 5.10 Å². The van der Waals surface area contributed by atoms with Gasteiger partial charge >= 0.3 is 6.03 Å². The standard InChI is InChI=1S/C14H19N5O/c1-9-8-15-5-4-13(9)17-14(20)16-10(2)6-12-7-11(3)18-19-12/h4-5,7-8,10H,6H2,1-3H3,(H,18,19)(H2,15,16,17,20)/t10-/m0/s1. The summed E-state index contributed by atoms with van der Waals surface area (Å²) in [6.45, 7) is 5.80. The molecule has 6 nitrogen and oxygen atoms in total. The molecule has 2 aromatic heterocycles. The summed E-state index contributed by atoms with van der Waals surface area (Å²) in [6.07, 6.45) is 4.05. The first-order valence-corrected chi connectivity index (χ1v) is 6.53. The monoisotopic (exact) mass is 273 g/mol. The number of rotatable bonds is 4. The van der Waals surface area contributed by atoms with Gasteiger partial charge in [0.25, 0.3) is 0 Å². The van der Waals surface area contributed by atoms with E-state index in [4.69, 9.17) is 0 Å². The fourth-order valence-corrected chi connectivity index (χ4v) is 1.94. The molecule has 1 atom stereocenters. The SMILES string of the molecule is Cc1cc(C[C@H](C)NC(=O)Nc2ccncc2C)n[nH]1. The Morgan fingerprint density at radius 3 is 2.90 bits per heavy atom. The second-order valence-electron chi connectivity index (χ2n) is 4.94. The van der Waals surface area contributed by atoms with Gasteiger partial charge in [0.15, 0.2) is 0 Å². The van der Waals surface area contributed by atoms with Crippen molar-refractivity contribution in [3.8, 4) is 0 Å². The van der Waals surface area contributed by atoms with Crippen molar-refractivity contribution >= 4 is 11.7 Å². The third-order valence-electron chi connectivity index (χ3n) is 2.92. The number of aromatic nitrogens is 3. The van der Waals surface area contributed by atoms with Gasteiger partial charge in [-0.3, -0.25) is 10.1 Å². The van der Waals surface area contributed by atoms with Crippen LogP contribution in [0.15, 0.2) is 24.5 Å². The number of aryl methyl sites for hydroxylation is 2. The van der Waals surface area contributed by atoms with Crippen molar-refractivity contribution in [1.82, 2.24) is 20.5 Å². The quantitative estimate of drug-likeness (QED) is 0.798. The van der Waals surface area contributed by atoms with Gasteiger partial charge in [0.1, 0.15) is 0 Å². The first-order chi connectivity index (χ1) is 9.54. The van der Waals surface area contributed by atoms with E-state index >= 15 is 0 Å². The van der Waals surface area contributed by atoms with Crippen LogP contribution in [0.5, 0.6) is 0 Å². The van der Waals surface area contributed by atoms with Gasteiger partial charge in [0.2, 0.25) is 0 Å². The number of nitrogens with zero attached hydrogens (tertiary/aromatic N) is 2. The topological polar surface area (TPSA) is 82.7 Å². The molecule has 0 saturated carbocycles. The molecule has 20 heavy (non-hydrogen) atoms.